The molecule has 0 aromatic heterocycles. The molecule has 0 saturated carbocycles. The first-order valence-corrected chi connectivity index (χ1v) is 12.4. The van der Waals surface area contributed by atoms with Crippen molar-refractivity contribution in [1.29, 1.82) is 0 Å². The number of rotatable bonds is 8. The van der Waals surface area contributed by atoms with Crippen LogP contribution in [0.4, 0.5) is 5.69 Å². The number of nitrogens with zero attached hydrogens (tertiary/aromatic N) is 1. The molecule has 3 aromatic rings. The molecule has 1 fully saturated rings. The molecule has 1 aliphatic rings. The lowest BCUT2D eigenvalue weighted by molar-refractivity contribution is -0.122. The average Bonchev–Trinajstić information content (AvgIpc) is 3.16. The van der Waals surface area contributed by atoms with E-state index in [0.29, 0.717) is 31.1 Å². The first-order chi connectivity index (χ1) is 15.5. The van der Waals surface area contributed by atoms with Gasteiger partial charge in [0, 0.05) is 18.7 Å². The van der Waals surface area contributed by atoms with Crippen LogP contribution >= 0.6 is 0 Å². The van der Waals surface area contributed by atoms with Crippen molar-refractivity contribution >= 4 is 22.8 Å². The van der Waals surface area contributed by atoms with E-state index >= 15 is 0 Å². The fourth-order valence-electron chi connectivity index (χ4n) is 3.77. The smallest absolute Gasteiger partial charge is 0.268 e. The Morgan fingerprint density at radius 1 is 1.03 bits per heavy atom. The quantitative estimate of drug-likeness (QED) is 0.472. The maximum absolute atomic E-state index is 13.0. The number of hydrogen-bond donors (Lipinski definition) is 0. The Morgan fingerprint density at radius 3 is 2.44 bits per heavy atom. The van der Waals surface area contributed by atoms with E-state index in [-0.39, 0.29) is 5.91 Å². The third-order valence-corrected chi connectivity index (χ3v) is 6.24. The number of carbonyl (C=O) groups is 1. The molecule has 6 heteroatoms. The molecule has 3 aromatic carbocycles. The van der Waals surface area contributed by atoms with E-state index in [4.69, 9.17) is 9.47 Å². The highest BCUT2D eigenvalue weighted by molar-refractivity contribution is 7.90. The fraction of sp³-hybridized carbons (Fsp3) is 0.269. The zero-order valence-electron chi connectivity index (χ0n) is 18.3. The maximum atomic E-state index is 13.0. The number of ether oxygens (including phenoxy) is 2. The molecular weight excluding hydrogens is 422 g/mol. The van der Waals surface area contributed by atoms with Crippen molar-refractivity contribution in [2.24, 2.45) is 0 Å². The second kappa shape index (κ2) is 10.1. The minimum Gasteiger partial charge on any atom is -0.616 e. The fourth-order valence-corrected chi connectivity index (χ4v) is 4.09. The molecule has 166 valence electrons. The average molecular weight is 450 g/mol. The van der Waals surface area contributed by atoms with E-state index in [9.17, 15) is 9.35 Å². The molecule has 1 saturated heterocycles. The van der Waals surface area contributed by atoms with Gasteiger partial charge in [-0.15, -0.1) is 0 Å². The van der Waals surface area contributed by atoms with Crippen LogP contribution in [0.2, 0.25) is 0 Å². The second-order valence-electron chi connectivity index (χ2n) is 7.85. The third kappa shape index (κ3) is 5.26. The van der Waals surface area contributed by atoms with Gasteiger partial charge in [-0.05, 0) is 53.9 Å². The van der Waals surface area contributed by atoms with E-state index < -0.39 is 17.3 Å². The molecule has 0 bridgehead atoms. The number of amides is 1. The molecule has 0 N–H and O–H groups in total. The Labute approximate surface area is 192 Å². The van der Waals surface area contributed by atoms with Gasteiger partial charge >= 0.3 is 0 Å². The number of hydrogen-bond acceptors (Lipinski definition) is 4. The summed E-state index contributed by atoms with van der Waals surface area (Å²) in [6, 6.07) is 23.7. The summed E-state index contributed by atoms with van der Waals surface area (Å²) in [6.45, 7) is 2.97. The minimum absolute atomic E-state index is 0.0356. The summed E-state index contributed by atoms with van der Waals surface area (Å²) in [5.41, 5.74) is 4.04. The standard InChI is InChI=1S/C26H27NO4S/c1-19-18-22(10-13-24(19)30-16-17-32(2)29)27-15-14-25(26(27)28)31-23-11-8-21(9-12-23)20-6-4-3-5-7-20/h3-13,18,25H,14-17H2,1-2H3. The number of benzene rings is 3. The molecule has 2 atom stereocenters. The van der Waals surface area contributed by atoms with Crippen LogP contribution in [0.3, 0.4) is 0 Å². The highest BCUT2D eigenvalue weighted by Crippen LogP contribution is 2.30. The first-order valence-electron chi connectivity index (χ1n) is 10.7. The SMILES string of the molecule is Cc1cc(N2CCC(Oc3ccc(-c4ccccc4)cc3)C2=O)ccc1OCC[S+](C)[O-]. The Bertz CT molecular complexity index is 1050. The van der Waals surface area contributed by atoms with Crippen molar-refractivity contribution in [2.75, 3.05) is 30.1 Å². The normalized spacial score (nSPS) is 16.8. The zero-order valence-corrected chi connectivity index (χ0v) is 19.1. The van der Waals surface area contributed by atoms with E-state index in [1.165, 1.54) is 0 Å². The van der Waals surface area contributed by atoms with Crippen LogP contribution in [0, 0.1) is 6.92 Å². The molecular formula is C26H27NO4S. The second-order valence-corrected chi connectivity index (χ2v) is 9.41. The topological polar surface area (TPSA) is 61.8 Å². The lowest BCUT2D eigenvalue weighted by atomic mass is 10.1. The van der Waals surface area contributed by atoms with Gasteiger partial charge in [0.05, 0.1) is 6.26 Å². The Balaban J connectivity index is 1.38. The molecule has 2 unspecified atom stereocenters. The summed E-state index contributed by atoms with van der Waals surface area (Å²) in [5.74, 6) is 1.90. The van der Waals surface area contributed by atoms with Crippen LogP contribution in [0.25, 0.3) is 11.1 Å². The van der Waals surface area contributed by atoms with Gasteiger partial charge in [0.1, 0.15) is 23.9 Å². The van der Waals surface area contributed by atoms with Crippen molar-refractivity contribution in [3.05, 3.63) is 78.4 Å². The van der Waals surface area contributed by atoms with Crippen molar-refractivity contribution < 1.29 is 18.8 Å². The van der Waals surface area contributed by atoms with Crippen LogP contribution in [0.5, 0.6) is 11.5 Å². The molecule has 0 aliphatic carbocycles. The van der Waals surface area contributed by atoms with E-state index in [0.717, 1.165) is 28.1 Å². The lowest BCUT2D eigenvalue weighted by Gasteiger charge is -2.19. The molecule has 0 radical (unpaired) electrons. The Morgan fingerprint density at radius 2 is 1.75 bits per heavy atom. The number of aryl methyl sites for hydroxylation is 1. The monoisotopic (exact) mass is 449 g/mol. The van der Waals surface area contributed by atoms with E-state index in [1.54, 1.807) is 11.2 Å². The van der Waals surface area contributed by atoms with Crippen LogP contribution < -0.4 is 14.4 Å². The number of carbonyl (C=O) groups excluding carboxylic acids is 1. The molecule has 32 heavy (non-hydrogen) atoms. The predicted molar refractivity (Wildman–Crippen MR) is 129 cm³/mol. The molecule has 5 nitrogen and oxygen atoms in total. The Kier molecular flexibility index (Phi) is 7.02. The van der Waals surface area contributed by atoms with Crippen molar-refractivity contribution in [2.45, 2.75) is 19.4 Å². The van der Waals surface area contributed by atoms with Crippen LogP contribution in [-0.2, 0) is 16.0 Å². The van der Waals surface area contributed by atoms with E-state index in [1.807, 2.05) is 67.6 Å². The molecule has 0 spiro atoms. The van der Waals surface area contributed by atoms with Crippen LogP contribution in [0.15, 0.2) is 72.8 Å². The van der Waals surface area contributed by atoms with Crippen LogP contribution in [-0.4, -0.2) is 41.7 Å². The summed E-state index contributed by atoms with van der Waals surface area (Å²) in [7, 11) is 0. The highest BCUT2D eigenvalue weighted by Gasteiger charge is 2.34. The summed E-state index contributed by atoms with van der Waals surface area (Å²) < 4.78 is 22.9. The van der Waals surface area contributed by atoms with Crippen LogP contribution in [0.1, 0.15) is 12.0 Å². The lowest BCUT2D eigenvalue weighted by Crippen LogP contribution is -2.32. The summed E-state index contributed by atoms with van der Waals surface area (Å²) >= 11 is -0.881. The summed E-state index contributed by atoms with van der Waals surface area (Å²) in [5, 5.41) is 0. The molecule has 1 aliphatic heterocycles. The van der Waals surface area contributed by atoms with Gasteiger partial charge in [0.2, 0.25) is 0 Å². The molecule has 1 heterocycles. The van der Waals surface area contributed by atoms with Gasteiger partial charge in [-0.2, -0.15) is 0 Å². The van der Waals surface area contributed by atoms with Gasteiger partial charge in [-0.1, -0.05) is 53.6 Å². The largest absolute Gasteiger partial charge is 0.616 e. The predicted octanol–water partition coefficient (Wildman–Crippen LogP) is 4.60. The zero-order chi connectivity index (χ0) is 22.5. The van der Waals surface area contributed by atoms with Crippen molar-refractivity contribution in [3.63, 3.8) is 0 Å². The Hall–Kier alpha value is -2.96. The maximum Gasteiger partial charge on any atom is 0.268 e. The highest BCUT2D eigenvalue weighted by atomic mass is 32.2. The molecule has 4 rings (SSSR count). The summed E-state index contributed by atoms with van der Waals surface area (Å²) in [4.78, 5) is 14.7. The third-order valence-electron chi connectivity index (χ3n) is 5.49. The van der Waals surface area contributed by atoms with Gasteiger partial charge in [0.25, 0.3) is 5.91 Å². The van der Waals surface area contributed by atoms with Crippen molar-refractivity contribution in [1.82, 2.24) is 0 Å². The summed E-state index contributed by atoms with van der Waals surface area (Å²) in [6.07, 6.45) is 1.81. The number of anilines is 1. The minimum atomic E-state index is -0.881. The van der Waals surface area contributed by atoms with Gasteiger partial charge in [0.15, 0.2) is 6.10 Å². The van der Waals surface area contributed by atoms with Gasteiger partial charge in [-0.25, -0.2) is 0 Å². The molecule has 1 amide bonds. The van der Waals surface area contributed by atoms with Gasteiger partial charge < -0.3 is 18.9 Å². The van der Waals surface area contributed by atoms with Gasteiger partial charge in [-0.3, -0.25) is 4.79 Å². The van der Waals surface area contributed by atoms with E-state index in [2.05, 4.69) is 12.1 Å². The first kappa shape index (κ1) is 22.2. The van der Waals surface area contributed by atoms with Crippen molar-refractivity contribution in [3.8, 4) is 22.6 Å².